The summed E-state index contributed by atoms with van der Waals surface area (Å²) in [6, 6.07) is 5.02. The van der Waals surface area contributed by atoms with Gasteiger partial charge in [-0.15, -0.1) is 0 Å². The molecule has 1 rings (SSSR count). The fourth-order valence-electron chi connectivity index (χ4n) is 0.755. The fraction of sp³-hybridized carbons (Fsp3) is 0.333. The Balaban J connectivity index is 0.000000437. The lowest BCUT2D eigenvalue weighted by Gasteiger charge is -2.14. The maximum Gasteiger partial charge on any atom is 0.335 e. The van der Waals surface area contributed by atoms with E-state index < -0.39 is 11.9 Å². The molecule has 17 heavy (non-hydrogen) atoms. The molecule has 0 saturated heterocycles. The summed E-state index contributed by atoms with van der Waals surface area (Å²) < 4.78 is 1.00. The lowest BCUT2D eigenvalue weighted by molar-refractivity contribution is -0.849. The van der Waals surface area contributed by atoms with Gasteiger partial charge in [0.05, 0.1) is 39.3 Å². The van der Waals surface area contributed by atoms with E-state index in [2.05, 4.69) is 28.2 Å². The molecule has 94 valence electrons. The third-order valence-corrected chi connectivity index (χ3v) is 1.38. The number of rotatable bonds is 2. The van der Waals surface area contributed by atoms with Crippen molar-refractivity contribution < 1.29 is 24.3 Å². The van der Waals surface area contributed by atoms with Crippen molar-refractivity contribution in [2.24, 2.45) is 0 Å². The fourth-order valence-corrected chi connectivity index (χ4v) is 0.755. The number of benzene rings is 1. The van der Waals surface area contributed by atoms with Gasteiger partial charge in [0, 0.05) is 0 Å². The number of carboxylic acid groups (broad SMARTS) is 2. The van der Waals surface area contributed by atoms with Gasteiger partial charge in [-0.1, -0.05) is 0 Å². The van der Waals surface area contributed by atoms with Gasteiger partial charge in [0.1, 0.15) is 0 Å². The molecule has 0 atom stereocenters. The summed E-state index contributed by atoms with van der Waals surface area (Å²) in [5.74, 6) is -2.13. The molecule has 0 aliphatic carbocycles. The Morgan fingerprint density at radius 1 is 0.824 bits per heavy atom. The SMILES string of the molecule is C[N+](C)(C)C.O=C(O)c1ccc(C(=O)O)cc1. The number of quaternary nitrogens is 1. The molecule has 1 aromatic rings. The summed E-state index contributed by atoms with van der Waals surface area (Å²) in [5, 5.41) is 16.9. The highest BCUT2D eigenvalue weighted by molar-refractivity contribution is 5.91. The van der Waals surface area contributed by atoms with Crippen LogP contribution >= 0.6 is 0 Å². The molecule has 0 aliphatic heterocycles. The molecule has 0 amide bonds. The topological polar surface area (TPSA) is 74.6 Å². The average Bonchev–Trinajstić information content (AvgIpc) is 2.15. The summed E-state index contributed by atoms with van der Waals surface area (Å²) in [7, 11) is 8.50. The maximum absolute atomic E-state index is 10.3. The molecular formula is C12H18NO4+. The number of aromatic carboxylic acids is 2. The molecule has 0 bridgehead atoms. The number of carbonyl (C=O) groups is 2. The van der Waals surface area contributed by atoms with Gasteiger partial charge in [0.25, 0.3) is 0 Å². The van der Waals surface area contributed by atoms with Crippen LogP contribution in [0.3, 0.4) is 0 Å². The first-order valence-electron chi connectivity index (χ1n) is 4.97. The zero-order valence-electron chi connectivity index (χ0n) is 10.5. The van der Waals surface area contributed by atoms with E-state index in [1.165, 1.54) is 24.3 Å². The molecule has 0 fully saturated rings. The van der Waals surface area contributed by atoms with Crippen molar-refractivity contribution in [1.82, 2.24) is 0 Å². The Hall–Kier alpha value is -1.88. The van der Waals surface area contributed by atoms with Crippen LogP contribution in [0.5, 0.6) is 0 Å². The average molecular weight is 240 g/mol. The monoisotopic (exact) mass is 240 g/mol. The molecule has 0 saturated carbocycles. The van der Waals surface area contributed by atoms with Crippen LogP contribution in [0.25, 0.3) is 0 Å². The van der Waals surface area contributed by atoms with E-state index in [9.17, 15) is 9.59 Å². The van der Waals surface area contributed by atoms with Crippen molar-refractivity contribution in [2.45, 2.75) is 0 Å². The molecule has 0 spiro atoms. The van der Waals surface area contributed by atoms with Gasteiger partial charge in [-0.05, 0) is 24.3 Å². The summed E-state index contributed by atoms with van der Waals surface area (Å²) >= 11 is 0. The highest BCUT2D eigenvalue weighted by atomic mass is 16.4. The molecule has 2 N–H and O–H groups in total. The summed E-state index contributed by atoms with van der Waals surface area (Å²) in [5.41, 5.74) is 0.167. The van der Waals surface area contributed by atoms with Crippen molar-refractivity contribution in [1.29, 1.82) is 0 Å². The van der Waals surface area contributed by atoms with Crippen LogP contribution in [0.15, 0.2) is 24.3 Å². The number of nitrogens with zero attached hydrogens (tertiary/aromatic N) is 1. The van der Waals surface area contributed by atoms with Gasteiger partial charge in [-0.2, -0.15) is 0 Å². The quantitative estimate of drug-likeness (QED) is 0.766. The van der Waals surface area contributed by atoms with Crippen LogP contribution in [0.4, 0.5) is 0 Å². The summed E-state index contributed by atoms with van der Waals surface area (Å²) in [6.45, 7) is 0. The zero-order chi connectivity index (χ0) is 13.6. The molecule has 0 aliphatic rings. The molecule has 0 heterocycles. The molecule has 5 heteroatoms. The first kappa shape index (κ1) is 15.1. The van der Waals surface area contributed by atoms with Gasteiger partial charge in [-0.25, -0.2) is 9.59 Å². The molecule has 0 unspecified atom stereocenters. The van der Waals surface area contributed by atoms with E-state index in [-0.39, 0.29) is 11.1 Å². The third-order valence-electron chi connectivity index (χ3n) is 1.38. The van der Waals surface area contributed by atoms with Crippen molar-refractivity contribution in [3.05, 3.63) is 35.4 Å². The minimum absolute atomic E-state index is 0.0833. The zero-order valence-corrected chi connectivity index (χ0v) is 10.5. The first-order chi connectivity index (χ1) is 7.61. The van der Waals surface area contributed by atoms with E-state index in [0.717, 1.165) is 4.48 Å². The lowest BCUT2D eigenvalue weighted by Crippen LogP contribution is -2.27. The highest BCUT2D eigenvalue weighted by Gasteiger charge is 2.04. The predicted molar refractivity (Wildman–Crippen MR) is 64.3 cm³/mol. The van der Waals surface area contributed by atoms with E-state index in [1.807, 2.05) is 0 Å². The Morgan fingerprint density at radius 3 is 1.12 bits per heavy atom. The molecule has 1 aromatic carbocycles. The van der Waals surface area contributed by atoms with Crippen LogP contribution < -0.4 is 0 Å². The van der Waals surface area contributed by atoms with E-state index in [4.69, 9.17) is 10.2 Å². The second-order valence-electron chi connectivity index (χ2n) is 4.87. The predicted octanol–water partition coefficient (Wildman–Crippen LogP) is 1.41. The first-order valence-corrected chi connectivity index (χ1v) is 4.97. The Labute approximate surface area is 101 Å². The van der Waals surface area contributed by atoms with Crippen molar-refractivity contribution in [2.75, 3.05) is 28.2 Å². The molecular weight excluding hydrogens is 222 g/mol. The molecule has 0 aromatic heterocycles. The summed E-state index contributed by atoms with van der Waals surface area (Å²) in [6.07, 6.45) is 0. The Kier molecular flexibility index (Phi) is 5.34. The standard InChI is InChI=1S/C8H6O4.C4H12N/c9-7(10)5-1-2-6(4-3-5)8(11)12;1-5(2,3)4/h1-4H,(H,9,10)(H,11,12);1-4H3/q;+1. The van der Waals surface area contributed by atoms with E-state index in [1.54, 1.807) is 0 Å². The smallest absolute Gasteiger partial charge is 0.335 e. The van der Waals surface area contributed by atoms with E-state index in [0.29, 0.717) is 0 Å². The van der Waals surface area contributed by atoms with Crippen molar-refractivity contribution in [3.8, 4) is 0 Å². The second kappa shape index (κ2) is 6.00. The van der Waals surface area contributed by atoms with Crippen molar-refractivity contribution >= 4 is 11.9 Å². The van der Waals surface area contributed by atoms with Crippen LogP contribution in [0.1, 0.15) is 20.7 Å². The van der Waals surface area contributed by atoms with Crippen LogP contribution in [0.2, 0.25) is 0 Å². The van der Waals surface area contributed by atoms with Crippen molar-refractivity contribution in [3.63, 3.8) is 0 Å². The number of hydrogen-bond donors (Lipinski definition) is 2. The largest absolute Gasteiger partial charge is 0.478 e. The lowest BCUT2D eigenvalue weighted by atomic mass is 10.1. The van der Waals surface area contributed by atoms with Crippen LogP contribution in [-0.4, -0.2) is 54.8 Å². The van der Waals surface area contributed by atoms with Crippen LogP contribution in [0, 0.1) is 0 Å². The number of hydrogen-bond acceptors (Lipinski definition) is 2. The third kappa shape index (κ3) is 7.98. The minimum atomic E-state index is -1.06. The Bertz CT molecular complexity index is 351. The number of carboxylic acids is 2. The second-order valence-corrected chi connectivity index (χ2v) is 4.87. The normalized spacial score (nSPS) is 10.1. The van der Waals surface area contributed by atoms with Crippen LogP contribution in [-0.2, 0) is 0 Å². The highest BCUT2D eigenvalue weighted by Crippen LogP contribution is 2.03. The maximum atomic E-state index is 10.3. The van der Waals surface area contributed by atoms with Gasteiger partial charge >= 0.3 is 11.9 Å². The van der Waals surface area contributed by atoms with Gasteiger partial charge < -0.3 is 14.7 Å². The van der Waals surface area contributed by atoms with Gasteiger partial charge in [0.2, 0.25) is 0 Å². The molecule has 5 nitrogen and oxygen atoms in total. The summed E-state index contributed by atoms with van der Waals surface area (Å²) in [4.78, 5) is 20.7. The molecule has 0 radical (unpaired) electrons. The van der Waals surface area contributed by atoms with Gasteiger partial charge in [0.15, 0.2) is 0 Å². The van der Waals surface area contributed by atoms with Gasteiger partial charge in [-0.3, -0.25) is 0 Å². The minimum Gasteiger partial charge on any atom is -0.478 e. The van der Waals surface area contributed by atoms with E-state index >= 15 is 0 Å². The Morgan fingerprint density at radius 2 is 1.00 bits per heavy atom.